The van der Waals surface area contributed by atoms with E-state index in [1.54, 1.807) is 0 Å². The zero-order chi connectivity index (χ0) is 14.2. The highest BCUT2D eigenvalue weighted by molar-refractivity contribution is 6.27. The van der Waals surface area contributed by atoms with E-state index in [9.17, 15) is 4.79 Å². The third-order valence-corrected chi connectivity index (χ3v) is 3.43. The van der Waals surface area contributed by atoms with Gasteiger partial charge in [0.25, 0.3) is 0 Å². The minimum Gasteiger partial charge on any atom is -0.337 e. The quantitative estimate of drug-likeness (QED) is 0.745. The molecular weight excluding hydrogens is 270 g/mol. The Labute approximate surface area is 125 Å². The Hall–Kier alpha value is -1.80. The van der Waals surface area contributed by atoms with Gasteiger partial charge in [-0.2, -0.15) is 0 Å². The van der Waals surface area contributed by atoms with Crippen molar-refractivity contribution in [3.05, 3.63) is 71.8 Å². The summed E-state index contributed by atoms with van der Waals surface area (Å²) < 4.78 is 0. The molecule has 0 atom stereocenters. The van der Waals surface area contributed by atoms with Crippen molar-refractivity contribution in [3.8, 4) is 0 Å². The molecule has 0 aromatic heterocycles. The number of carbonyl (C=O) groups is 1. The van der Waals surface area contributed by atoms with E-state index in [4.69, 9.17) is 11.6 Å². The van der Waals surface area contributed by atoms with Gasteiger partial charge in [-0.05, 0) is 17.5 Å². The summed E-state index contributed by atoms with van der Waals surface area (Å²) in [5.41, 5.74) is 2.35. The molecule has 0 saturated heterocycles. The van der Waals surface area contributed by atoms with Crippen molar-refractivity contribution in [2.24, 2.45) is 0 Å². The highest BCUT2D eigenvalue weighted by atomic mass is 35.5. The van der Waals surface area contributed by atoms with Gasteiger partial charge < -0.3 is 4.90 Å². The lowest BCUT2D eigenvalue weighted by atomic mass is 10.1. The molecule has 0 N–H and O–H groups in total. The Bertz CT molecular complexity index is 527. The largest absolute Gasteiger partial charge is 0.337 e. The van der Waals surface area contributed by atoms with Gasteiger partial charge in [-0.15, -0.1) is 11.6 Å². The van der Waals surface area contributed by atoms with Gasteiger partial charge in [0, 0.05) is 13.1 Å². The van der Waals surface area contributed by atoms with Gasteiger partial charge in [0.1, 0.15) is 5.88 Å². The first-order valence-electron chi connectivity index (χ1n) is 6.71. The topological polar surface area (TPSA) is 20.3 Å². The van der Waals surface area contributed by atoms with Gasteiger partial charge in [0.05, 0.1) is 0 Å². The number of benzene rings is 2. The lowest BCUT2D eigenvalue weighted by Gasteiger charge is -2.22. The number of alkyl halides is 1. The van der Waals surface area contributed by atoms with Crippen LogP contribution in [0.1, 0.15) is 11.1 Å². The maximum atomic E-state index is 11.9. The first kappa shape index (κ1) is 14.6. The number of hydrogen-bond donors (Lipinski definition) is 0. The lowest BCUT2D eigenvalue weighted by molar-refractivity contribution is -0.129. The average Bonchev–Trinajstić information content (AvgIpc) is 2.52. The summed E-state index contributed by atoms with van der Waals surface area (Å²) in [5.74, 6) is 0.00758. The van der Waals surface area contributed by atoms with Crippen molar-refractivity contribution in [1.29, 1.82) is 0 Å². The summed E-state index contributed by atoms with van der Waals surface area (Å²) in [6.45, 7) is 1.30. The van der Waals surface area contributed by atoms with Crippen molar-refractivity contribution in [3.63, 3.8) is 0 Å². The molecule has 1 amide bonds. The zero-order valence-electron chi connectivity index (χ0n) is 11.3. The predicted octanol–water partition coefficient (Wildman–Crippen LogP) is 3.50. The monoisotopic (exact) mass is 287 g/mol. The third-order valence-electron chi connectivity index (χ3n) is 3.20. The van der Waals surface area contributed by atoms with Crippen LogP contribution in [-0.4, -0.2) is 23.2 Å². The molecule has 20 heavy (non-hydrogen) atoms. The third kappa shape index (κ3) is 4.39. The minimum absolute atomic E-state index is 0.0218. The molecule has 0 aliphatic rings. The van der Waals surface area contributed by atoms with Crippen molar-refractivity contribution < 1.29 is 4.79 Å². The molecular formula is C17H18ClNO. The number of carbonyl (C=O) groups excluding carboxylic acids is 1. The van der Waals surface area contributed by atoms with Crippen molar-refractivity contribution >= 4 is 17.5 Å². The molecule has 0 fully saturated rings. The van der Waals surface area contributed by atoms with E-state index in [0.717, 1.165) is 12.0 Å². The van der Waals surface area contributed by atoms with E-state index in [1.165, 1.54) is 5.56 Å². The van der Waals surface area contributed by atoms with Gasteiger partial charge in [-0.1, -0.05) is 60.7 Å². The van der Waals surface area contributed by atoms with Gasteiger partial charge in [0.15, 0.2) is 0 Å². The van der Waals surface area contributed by atoms with Crippen LogP contribution in [-0.2, 0) is 17.8 Å². The van der Waals surface area contributed by atoms with Crippen molar-refractivity contribution in [2.75, 3.05) is 12.4 Å². The first-order chi connectivity index (χ1) is 9.79. The predicted molar refractivity (Wildman–Crippen MR) is 82.7 cm³/mol. The molecule has 0 heterocycles. The molecule has 0 aliphatic heterocycles. The Kier molecular flexibility index (Phi) is 5.63. The van der Waals surface area contributed by atoms with E-state index in [-0.39, 0.29) is 11.8 Å². The Morgan fingerprint density at radius 2 is 1.45 bits per heavy atom. The number of nitrogens with zero attached hydrogens (tertiary/aromatic N) is 1. The molecule has 2 aromatic rings. The molecule has 0 bridgehead atoms. The molecule has 104 valence electrons. The smallest absolute Gasteiger partial charge is 0.237 e. The van der Waals surface area contributed by atoms with E-state index in [1.807, 2.05) is 53.4 Å². The van der Waals surface area contributed by atoms with Gasteiger partial charge in [-0.25, -0.2) is 0 Å². The van der Waals surface area contributed by atoms with Gasteiger partial charge in [0.2, 0.25) is 5.91 Å². The fourth-order valence-electron chi connectivity index (χ4n) is 2.09. The Morgan fingerprint density at radius 3 is 2.00 bits per heavy atom. The number of halogens is 1. The van der Waals surface area contributed by atoms with E-state index >= 15 is 0 Å². The summed E-state index contributed by atoms with van der Waals surface area (Å²) in [5, 5.41) is 0. The lowest BCUT2D eigenvalue weighted by Crippen LogP contribution is -2.33. The number of hydrogen-bond acceptors (Lipinski definition) is 1. The van der Waals surface area contributed by atoms with Crippen LogP contribution in [0, 0.1) is 0 Å². The molecule has 0 spiro atoms. The SMILES string of the molecule is O=C(CCl)N(CCc1ccccc1)Cc1ccccc1. The summed E-state index contributed by atoms with van der Waals surface area (Å²) in [6, 6.07) is 20.2. The summed E-state index contributed by atoms with van der Waals surface area (Å²) >= 11 is 5.70. The summed E-state index contributed by atoms with van der Waals surface area (Å²) in [4.78, 5) is 13.7. The Morgan fingerprint density at radius 1 is 0.900 bits per heavy atom. The van der Waals surface area contributed by atoms with Gasteiger partial charge >= 0.3 is 0 Å². The van der Waals surface area contributed by atoms with Crippen LogP contribution in [0.5, 0.6) is 0 Å². The van der Waals surface area contributed by atoms with Crippen LogP contribution < -0.4 is 0 Å². The first-order valence-corrected chi connectivity index (χ1v) is 7.24. The van der Waals surface area contributed by atoms with Crippen molar-refractivity contribution in [2.45, 2.75) is 13.0 Å². The maximum Gasteiger partial charge on any atom is 0.237 e. The second kappa shape index (κ2) is 7.71. The zero-order valence-corrected chi connectivity index (χ0v) is 12.1. The molecule has 2 aromatic carbocycles. The standard InChI is InChI=1S/C17H18ClNO/c18-13-17(20)19(14-16-9-5-2-6-10-16)12-11-15-7-3-1-4-8-15/h1-10H,11-14H2. The minimum atomic E-state index is -0.0218. The van der Waals surface area contributed by atoms with E-state index in [2.05, 4.69) is 12.1 Å². The highest BCUT2D eigenvalue weighted by Crippen LogP contribution is 2.08. The average molecular weight is 288 g/mol. The van der Waals surface area contributed by atoms with Crippen LogP contribution >= 0.6 is 11.6 Å². The molecule has 0 radical (unpaired) electrons. The second-order valence-electron chi connectivity index (χ2n) is 4.67. The molecule has 2 rings (SSSR count). The highest BCUT2D eigenvalue weighted by Gasteiger charge is 2.12. The fraction of sp³-hybridized carbons (Fsp3) is 0.235. The van der Waals surface area contributed by atoms with E-state index < -0.39 is 0 Å². The molecule has 2 nitrogen and oxygen atoms in total. The van der Waals surface area contributed by atoms with E-state index in [0.29, 0.717) is 13.1 Å². The number of rotatable bonds is 6. The van der Waals surface area contributed by atoms with Crippen molar-refractivity contribution in [1.82, 2.24) is 4.90 Å². The summed E-state index contributed by atoms with van der Waals surface area (Å²) in [6.07, 6.45) is 0.844. The van der Waals surface area contributed by atoms with Crippen LogP contribution in [0.3, 0.4) is 0 Å². The fourth-order valence-corrected chi connectivity index (χ4v) is 2.26. The molecule has 3 heteroatoms. The molecule has 0 saturated carbocycles. The number of amides is 1. The summed E-state index contributed by atoms with van der Waals surface area (Å²) in [7, 11) is 0. The molecule has 0 unspecified atom stereocenters. The van der Waals surface area contributed by atoms with Crippen LogP contribution in [0.4, 0.5) is 0 Å². The Balaban J connectivity index is 1.99. The normalized spacial score (nSPS) is 10.2. The maximum absolute atomic E-state index is 11.9. The second-order valence-corrected chi connectivity index (χ2v) is 4.94. The van der Waals surface area contributed by atoms with Crippen LogP contribution in [0.25, 0.3) is 0 Å². The van der Waals surface area contributed by atoms with Gasteiger partial charge in [-0.3, -0.25) is 4.79 Å². The van der Waals surface area contributed by atoms with Crippen LogP contribution in [0.15, 0.2) is 60.7 Å². The molecule has 0 aliphatic carbocycles. The van der Waals surface area contributed by atoms with Crippen LogP contribution in [0.2, 0.25) is 0 Å².